The summed E-state index contributed by atoms with van der Waals surface area (Å²) >= 11 is 0. The van der Waals surface area contributed by atoms with Crippen molar-refractivity contribution in [2.24, 2.45) is 7.05 Å². The average molecular weight is 208 g/mol. The average Bonchev–Trinajstić information content (AvgIpc) is 2.55. The largest absolute Gasteiger partial charge is 0.348 e. The molecule has 0 unspecified atom stereocenters. The van der Waals surface area contributed by atoms with Gasteiger partial charge in [-0.3, -0.25) is 0 Å². The van der Waals surface area contributed by atoms with Gasteiger partial charge in [0.05, 0.1) is 11.9 Å². The van der Waals surface area contributed by atoms with Crippen LogP contribution in [0.25, 0.3) is 0 Å². The molecule has 0 aliphatic heterocycles. The third-order valence-electron chi connectivity index (χ3n) is 2.29. The molecule has 0 aromatic carbocycles. The zero-order valence-electron chi connectivity index (χ0n) is 9.82. The molecule has 0 bridgehead atoms. The number of anilines is 1. The Kier molecular flexibility index (Phi) is 4.37. The van der Waals surface area contributed by atoms with E-state index in [1.165, 1.54) is 5.69 Å². The molecule has 0 atom stereocenters. The summed E-state index contributed by atoms with van der Waals surface area (Å²) in [7, 11) is 6.03. The second kappa shape index (κ2) is 5.56. The van der Waals surface area contributed by atoms with Crippen molar-refractivity contribution in [2.75, 3.05) is 25.5 Å². The first-order chi connectivity index (χ1) is 7.16. The predicted octanol–water partition coefficient (Wildman–Crippen LogP) is 1.15. The Labute approximate surface area is 91.6 Å². The van der Waals surface area contributed by atoms with Gasteiger partial charge < -0.3 is 14.8 Å². The molecule has 1 heterocycles. The maximum atomic E-state index is 4.34. The monoisotopic (exact) mass is 208 g/mol. The smallest absolute Gasteiger partial charge is 0.204 e. The van der Waals surface area contributed by atoms with Crippen molar-refractivity contribution in [3.63, 3.8) is 0 Å². The van der Waals surface area contributed by atoms with Gasteiger partial charge in [0, 0.05) is 27.7 Å². The molecule has 0 saturated carbocycles. The van der Waals surface area contributed by atoms with E-state index < -0.39 is 0 Å². The second-order valence-corrected chi connectivity index (χ2v) is 3.76. The summed E-state index contributed by atoms with van der Waals surface area (Å²) in [6, 6.07) is 0. The minimum Gasteiger partial charge on any atom is -0.348 e. The Morgan fingerprint density at radius 2 is 2.33 bits per heavy atom. The van der Waals surface area contributed by atoms with Crippen LogP contribution in [0.1, 0.15) is 12.1 Å². The molecule has 15 heavy (non-hydrogen) atoms. The van der Waals surface area contributed by atoms with Gasteiger partial charge in [-0.2, -0.15) is 0 Å². The van der Waals surface area contributed by atoms with Gasteiger partial charge in [0.2, 0.25) is 5.95 Å². The summed E-state index contributed by atoms with van der Waals surface area (Å²) < 4.78 is 2.10. The molecule has 0 radical (unpaired) electrons. The van der Waals surface area contributed by atoms with Gasteiger partial charge >= 0.3 is 0 Å². The van der Waals surface area contributed by atoms with E-state index in [9.17, 15) is 0 Å². The Morgan fingerprint density at radius 1 is 1.60 bits per heavy atom. The van der Waals surface area contributed by atoms with Gasteiger partial charge in [0.1, 0.15) is 0 Å². The van der Waals surface area contributed by atoms with Crippen molar-refractivity contribution < 1.29 is 0 Å². The molecule has 0 fully saturated rings. The molecule has 0 amide bonds. The van der Waals surface area contributed by atoms with Crippen molar-refractivity contribution in [2.45, 2.75) is 13.0 Å². The highest BCUT2D eigenvalue weighted by molar-refractivity contribution is 5.30. The van der Waals surface area contributed by atoms with E-state index in [1.54, 1.807) is 0 Å². The van der Waals surface area contributed by atoms with Crippen molar-refractivity contribution in [1.29, 1.82) is 0 Å². The number of imidazole rings is 1. The normalized spacial score (nSPS) is 10.3. The number of rotatable bonds is 6. The van der Waals surface area contributed by atoms with Gasteiger partial charge in [-0.25, -0.2) is 4.98 Å². The fourth-order valence-electron chi connectivity index (χ4n) is 1.43. The molecule has 0 aliphatic rings. The van der Waals surface area contributed by atoms with Gasteiger partial charge in [0.25, 0.3) is 0 Å². The van der Waals surface area contributed by atoms with E-state index in [0.717, 1.165) is 25.5 Å². The number of nitrogens with zero attached hydrogens (tertiary/aromatic N) is 3. The van der Waals surface area contributed by atoms with Crippen LogP contribution < -0.4 is 10.2 Å². The van der Waals surface area contributed by atoms with Crippen LogP contribution in [0.15, 0.2) is 18.9 Å². The molecule has 0 aliphatic carbocycles. The molecule has 4 nitrogen and oxygen atoms in total. The lowest BCUT2D eigenvalue weighted by Crippen LogP contribution is -2.18. The van der Waals surface area contributed by atoms with Crippen LogP contribution in [-0.2, 0) is 13.6 Å². The second-order valence-electron chi connectivity index (χ2n) is 3.76. The van der Waals surface area contributed by atoms with Gasteiger partial charge in [-0.15, -0.1) is 6.58 Å². The molecule has 84 valence electrons. The van der Waals surface area contributed by atoms with E-state index in [2.05, 4.69) is 21.4 Å². The molecule has 4 heteroatoms. The SMILES string of the molecule is C=CCCNCc1cnc(N(C)C)n1C. The fraction of sp³-hybridized carbons (Fsp3) is 0.545. The molecular formula is C11H20N4. The Hall–Kier alpha value is -1.29. The lowest BCUT2D eigenvalue weighted by atomic mass is 10.4. The number of aromatic nitrogens is 2. The quantitative estimate of drug-likeness (QED) is 0.562. The van der Waals surface area contributed by atoms with Crippen LogP contribution in [0, 0.1) is 0 Å². The predicted molar refractivity (Wildman–Crippen MR) is 64.1 cm³/mol. The van der Waals surface area contributed by atoms with E-state index in [0.29, 0.717) is 0 Å². The highest BCUT2D eigenvalue weighted by atomic mass is 15.3. The third kappa shape index (κ3) is 3.09. The first-order valence-electron chi connectivity index (χ1n) is 5.16. The van der Waals surface area contributed by atoms with Crippen molar-refractivity contribution >= 4 is 5.95 Å². The number of hydrogen-bond acceptors (Lipinski definition) is 3. The van der Waals surface area contributed by atoms with Gasteiger partial charge in [-0.05, 0) is 13.0 Å². The van der Waals surface area contributed by atoms with Gasteiger partial charge in [0.15, 0.2) is 0 Å². The first kappa shape index (κ1) is 11.8. The molecule has 1 aromatic rings. The lowest BCUT2D eigenvalue weighted by Gasteiger charge is -2.12. The van der Waals surface area contributed by atoms with Crippen molar-refractivity contribution in [3.05, 3.63) is 24.5 Å². The summed E-state index contributed by atoms with van der Waals surface area (Å²) in [5, 5.41) is 3.35. The molecule has 0 spiro atoms. The number of nitrogens with one attached hydrogen (secondary N) is 1. The summed E-state index contributed by atoms with van der Waals surface area (Å²) in [5.41, 5.74) is 1.20. The van der Waals surface area contributed by atoms with Crippen LogP contribution in [0.2, 0.25) is 0 Å². The zero-order chi connectivity index (χ0) is 11.3. The Morgan fingerprint density at radius 3 is 2.87 bits per heavy atom. The fourth-order valence-corrected chi connectivity index (χ4v) is 1.43. The molecule has 1 N–H and O–H groups in total. The maximum absolute atomic E-state index is 4.34. The number of hydrogen-bond donors (Lipinski definition) is 1. The highest BCUT2D eigenvalue weighted by Crippen LogP contribution is 2.10. The Bertz CT molecular complexity index is 314. The molecule has 0 saturated heterocycles. The van der Waals surface area contributed by atoms with E-state index in [-0.39, 0.29) is 0 Å². The highest BCUT2D eigenvalue weighted by Gasteiger charge is 2.06. The minimum atomic E-state index is 0.852. The van der Waals surface area contributed by atoms with Gasteiger partial charge in [-0.1, -0.05) is 6.08 Å². The summed E-state index contributed by atoms with van der Waals surface area (Å²) in [5.74, 6) is 0.982. The minimum absolute atomic E-state index is 0.852. The Balaban J connectivity index is 2.51. The van der Waals surface area contributed by atoms with Crippen LogP contribution in [0.5, 0.6) is 0 Å². The topological polar surface area (TPSA) is 33.1 Å². The van der Waals surface area contributed by atoms with Crippen molar-refractivity contribution in [3.8, 4) is 0 Å². The van der Waals surface area contributed by atoms with E-state index >= 15 is 0 Å². The van der Waals surface area contributed by atoms with Crippen LogP contribution in [0.3, 0.4) is 0 Å². The first-order valence-corrected chi connectivity index (χ1v) is 5.16. The van der Waals surface area contributed by atoms with E-state index in [4.69, 9.17) is 0 Å². The zero-order valence-corrected chi connectivity index (χ0v) is 9.82. The maximum Gasteiger partial charge on any atom is 0.204 e. The molecule has 1 aromatic heterocycles. The standard InChI is InChI=1S/C11H20N4/c1-5-6-7-12-8-10-9-13-11(14(2)3)15(10)4/h5,9,12H,1,6-8H2,2-4H3. The van der Waals surface area contributed by atoms with Crippen LogP contribution in [0.4, 0.5) is 5.95 Å². The van der Waals surface area contributed by atoms with Crippen LogP contribution in [-0.4, -0.2) is 30.2 Å². The van der Waals surface area contributed by atoms with Crippen molar-refractivity contribution in [1.82, 2.24) is 14.9 Å². The summed E-state index contributed by atoms with van der Waals surface area (Å²) in [6.07, 6.45) is 4.83. The molecular weight excluding hydrogens is 188 g/mol. The molecule has 1 rings (SSSR count). The summed E-state index contributed by atoms with van der Waals surface area (Å²) in [4.78, 5) is 6.35. The van der Waals surface area contributed by atoms with Crippen LogP contribution >= 0.6 is 0 Å². The van der Waals surface area contributed by atoms with E-state index in [1.807, 2.05) is 38.3 Å². The summed E-state index contributed by atoms with van der Waals surface area (Å²) in [6.45, 7) is 5.50. The lowest BCUT2D eigenvalue weighted by molar-refractivity contribution is 0.658. The third-order valence-corrected chi connectivity index (χ3v) is 2.29.